The molecule has 1 fully saturated rings. The zero-order chi connectivity index (χ0) is 21.0. The maximum absolute atomic E-state index is 13.1. The molecule has 1 N–H and O–H groups in total. The molecule has 10 heteroatoms. The van der Waals surface area contributed by atoms with E-state index in [0.717, 1.165) is 0 Å². The van der Waals surface area contributed by atoms with Crippen molar-refractivity contribution in [2.24, 2.45) is 0 Å². The van der Waals surface area contributed by atoms with E-state index >= 15 is 0 Å². The van der Waals surface area contributed by atoms with Crippen LogP contribution in [0.25, 0.3) is 0 Å². The van der Waals surface area contributed by atoms with Gasteiger partial charge in [0.15, 0.2) is 6.61 Å². The lowest BCUT2D eigenvalue weighted by atomic mass is 10.2. The van der Waals surface area contributed by atoms with Crippen LogP contribution in [0.2, 0.25) is 0 Å². The van der Waals surface area contributed by atoms with Crippen molar-refractivity contribution in [1.82, 2.24) is 14.1 Å². The summed E-state index contributed by atoms with van der Waals surface area (Å²) in [4.78, 5) is 27.8. The fraction of sp³-hybridized carbons (Fsp3) is 0.579. The number of nitrogens with one attached hydrogen (secondary N) is 1. The van der Waals surface area contributed by atoms with Gasteiger partial charge in [0.2, 0.25) is 15.9 Å². The first-order valence-corrected chi connectivity index (χ1v) is 11.4. The van der Waals surface area contributed by atoms with Crippen molar-refractivity contribution in [3.05, 3.63) is 18.2 Å². The number of hydrogen-bond acceptors (Lipinski definition) is 6. The Morgan fingerprint density at radius 2 is 1.93 bits per heavy atom. The van der Waals surface area contributed by atoms with E-state index in [1.54, 1.807) is 11.0 Å². The predicted octanol–water partition coefficient (Wildman–Crippen LogP) is 0.582. The molecular weight excluding hydrogens is 396 g/mol. The number of carbonyl (C=O) groups is 2. The van der Waals surface area contributed by atoms with Gasteiger partial charge >= 0.3 is 0 Å². The molecule has 0 aliphatic carbocycles. The highest BCUT2D eigenvalue weighted by molar-refractivity contribution is 7.89. The molecule has 0 radical (unpaired) electrons. The third-order valence-electron chi connectivity index (χ3n) is 5.24. The topological polar surface area (TPSA) is 99.3 Å². The van der Waals surface area contributed by atoms with E-state index in [-0.39, 0.29) is 23.3 Å². The number of nitrogens with zero attached hydrogens (tertiary/aromatic N) is 3. The number of benzene rings is 1. The van der Waals surface area contributed by atoms with E-state index in [2.05, 4.69) is 5.32 Å². The number of fused-ring (bicyclic) bond motifs is 1. The van der Waals surface area contributed by atoms with Crippen molar-refractivity contribution in [3.63, 3.8) is 0 Å². The summed E-state index contributed by atoms with van der Waals surface area (Å²) in [5.74, 6) is 0.215. The molecule has 9 nitrogen and oxygen atoms in total. The summed E-state index contributed by atoms with van der Waals surface area (Å²) in [7, 11) is -3.71. The second-order valence-corrected chi connectivity index (χ2v) is 9.03. The molecule has 1 aromatic carbocycles. The van der Waals surface area contributed by atoms with Crippen molar-refractivity contribution < 1.29 is 22.7 Å². The number of hydrogen-bond donors (Lipinski definition) is 1. The highest BCUT2D eigenvalue weighted by Crippen LogP contribution is 2.31. The Morgan fingerprint density at radius 3 is 2.66 bits per heavy atom. The Hall–Kier alpha value is -2.17. The highest BCUT2D eigenvalue weighted by atomic mass is 32.2. The Balaban J connectivity index is 1.68. The van der Waals surface area contributed by atoms with Crippen LogP contribution < -0.4 is 10.1 Å². The van der Waals surface area contributed by atoms with Gasteiger partial charge in [-0.2, -0.15) is 4.31 Å². The molecule has 0 spiro atoms. The largest absolute Gasteiger partial charge is 0.482 e. The molecule has 2 aliphatic rings. The number of likely N-dealkylation sites (N-methyl/N-ethyl adjacent to an activating group) is 1. The van der Waals surface area contributed by atoms with Gasteiger partial charge in [-0.05, 0) is 45.0 Å². The molecule has 2 heterocycles. The van der Waals surface area contributed by atoms with E-state index in [1.807, 2.05) is 18.7 Å². The van der Waals surface area contributed by atoms with Crippen LogP contribution in [0.1, 0.15) is 20.3 Å². The van der Waals surface area contributed by atoms with Crippen LogP contribution >= 0.6 is 0 Å². The van der Waals surface area contributed by atoms with Gasteiger partial charge in [-0.1, -0.05) is 0 Å². The fourth-order valence-corrected chi connectivity index (χ4v) is 5.08. The molecule has 2 aliphatic heterocycles. The average molecular weight is 425 g/mol. The standard InChI is InChI=1S/C19H28N4O5S/c1-3-22(4-2)19(25)13-21-8-5-9-23(11-10-21)29(26,27)15-6-7-17-16(12-15)20-18(24)14-28-17/h6-7,12H,3-5,8-11,13-14H2,1-2H3,(H,20,24). The zero-order valence-electron chi connectivity index (χ0n) is 16.9. The highest BCUT2D eigenvalue weighted by Gasteiger charge is 2.29. The van der Waals surface area contributed by atoms with Crippen LogP contribution in [0.5, 0.6) is 5.75 Å². The summed E-state index contributed by atoms with van der Waals surface area (Å²) in [6.07, 6.45) is 0.648. The second-order valence-electron chi connectivity index (χ2n) is 7.09. The van der Waals surface area contributed by atoms with E-state index in [9.17, 15) is 18.0 Å². The lowest BCUT2D eigenvalue weighted by molar-refractivity contribution is -0.132. The number of rotatable bonds is 6. The molecule has 1 saturated heterocycles. The van der Waals surface area contributed by atoms with Crippen LogP contribution in [0.3, 0.4) is 0 Å². The lowest BCUT2D eigenvalue weighted by Gasteiger charge is -2.25. The first kappa shape index (κ1) is 21.5. The quantitative estimate of drug-likeness (QED) is 0.717. The maximum Gasteiger partial charge on any atom is 0.262 e. The van der Waals surface area contributed by atoms with Gasteiger partial charge in [-0.3, -0.25) is 14.5 Å². The summed E-state index contributed by atoms with van der Waals surface area (Å²) < 4.78 is 33.0. The van der Waals surface area contributed by atoms with E-state index in [0.29, 0.717) is 63.7 Å². The van der Waals surface area contributed by atoms with Crippen LogP contribution in [-0.4, -0.2) is 86.8 Å². The Labute approximate surface area is 171 Å². The molecular formula is C19H28N4O5S. The summed E-state index contributed by atoms with van der Waals surface area (Å²) in [5.41, 5.74) is 0.364. The van der Waals surface area contributed by atoms with Crippen LogP contribution in [0.15, 0.2) is 23.1 Å². The molecule has 0 aromatic heterocycles. The summed E-state index contributed by atoms with van der Waals surface area (Å²) in [6.45, 7) is 7.33. The second kappa shape index (κ2) is 9.10. The van der Waals surface area contributed by atoms with Crippen molar-refractivity contribution in [3.8, 4) is 5.75 Å². The number of ether oxygens (including phenoxy) is 1. The van der Waals surface area contributed by atoms with Gasteiger partial charge in [-0.15, -0.1) is 0 Å². The minimum absolute atomic E-state index is 0.0664. The minimum Gasteiger partial charge on any atom is -0.482 e. The third-order valence-corrected chi connectivity index (χ3v) is 7.14. The SMILES string of the molecule is CCN(CC)C(=O)CN1CCCN(S(=O)(=O)c2ccc3c(c2)NC(=O)CO3)CC1. The maximum atomic E-state index is 13.1. The normalized spacial score (nSPS) is 18.3. The molecule has 160 valence electrons. The van der Waals surface area contributed by atoms with E-state index in [4.69, 9.17) is 4.74 Å². The molecule has 29 heavy (non-hydrogen) atoms. The van der Waals surface area contributed by atoms with Gasteiger partial charge in [-0.25, -0.2) is 8.42 Å². The minimum atomic E-state index is -3.71. The first-order chi connectivity index (χ1) is 13.8. The Kier molecular flexibility index (Phi) is 6.76. The van der Waals surface area contributed by atoms with Crippen LogP contribution in [0, 0.1) is 0 Å². The molecule has 3 rings (SSSR count). The number of sulfonamides is 1. The van der Waals surface area contributed by atoms with Crippen molar-refractivity contribution in [2.45, 2.75) is 25.2 Å². The number of carbonyl (C=O) groups excluding carboxylic acids is 2. The molecule has 0 bridgehead atoms. The van der Waals surface area contributed by atoms with Gasteiger partial charge in [0.25, 0.3) is 5.91 Å². The summed E-state index contributed by atoms with van der Waals surface area (Å²) >= 11 is 0. The smallest absolute Gasteiger partial charge is 0.262 e. The van der Waals surface area contributed by atoms with Crippen LogP contribution in [-0.2, 0) is 19.6 Å². The number of anilines is 1. The summed E-state index contributed by atoms with van der Waals surface area (Å²) in [5, 5.41) is 2.64. The zero-order valence-corrected chi connectivity index (χ0v) is 17.7. The van der Waals surface area contributed by atoms with Crippen LogP contribution in [0.4, 0.5) is 5.69 Å². The molecule has 1 aromatic rings. The van der Waals surface area contributed by atoms with Crippen molar-refractivity contribution in [2.75, 3.05) is 57.7 Å². The molecule has 0 unspecified atom stereocenters. The number of amides is 2. The monoisotopic (exact) mass is 424 g/mol. The molecule has 2 amide bonds. The van der Waals surface area contributed by atoms with Gasteiger partial charge in [0, 0.05) is 32.7 Å². The lowest BCUT2D eigenvalue weighted by Crippen LogP contribution is -2.42. The van der Waals surface area contributed by atoms with Gasteiger partial charge < -0.3 is 15.0 Å². The van der Waals surface area contributed by atoms with Gasteiger partial charge in [0.1, 0.15) is 5.75 Å². The fourth-order valence-electron chi connectivity index (χ4n) is 3.59. The van der Waals surface area contributed by atoms with Crippen molar-refractivity contribution >= 4 is 27.5 Å². The molecule has 0 atom stereocenters. The van der Waals surface area contributed by atoms with E-state index in [1.165, 1.54) is 16.4 Å². The summed E-state index contributed by atoms with van der Waals surface area (Å²) in [6, 6.07) is 4.50. The Bertz CT molecular complexity index is 869. The van der Waals surface area contributed by atoms with Gasteiger partial charge in [0.05, 0.1) is 17.1 Å². The molecule has 0 saturated carbocycles. The predicted molar refractivity (Wildman–Crippen MR) is 108 cm³/mol. The third kappa shape index (κ3) is 4.88. The Morgan fingerprint density at radius 1 is 1.17 bits per heavy atom. The first-order valence-electron chi connectivity index (χ1n) is 9.92. The average Bonchev–Trinajstić information content (AvgIpc) is 2.94. The van der Waals surface area contributed by atoms with E-state index < -0.39 is 10.0 Å². The van der Waals surface area contributed by atoms with Crippen molar-refractivity contribution in [1.29, 1.82) is 0 Å².